The highest BCUT2D eigenvalue weighted by atomic mass is 19.4. The first-order chi connectivity index (χ1) is 19.1. The van der Waals surface area contributed by atoms with Gasteiger partial charge in [0.25, 0.3) is 0 Å². The van der Waals surface area contributed by atoms with Gasteiger partial charge in [0.15, 0.2) is 0 Å². The summed E-state index contributed by atoms with van der Waals surface area (Å²) >= 11 is 0. The van der Waals surface area contributed by atoms with Gasteiger partial charge in [0, 0.05) is 37.8 Å². The molecule has 1 aromatic heterocycles. The molecule has 7 rings (SSSR count). The number of likely N-dealkylation sites (tertiary alicyclic amines) is 1. The fraction of sp³-hybridized carbons (Fsp3) is 0.607. The normalized spacial score (nSPS) is 33.1. The Labute approximate surface area is 230 Å². The van der Waals surface area contributed by atoms with Gasteiger partial charge in [-0.25, -0.2) is 4.98 Å². The lowest BCUT2D eigenvalue weighted by molar-refractivity contribution is -0.274. The minimum Gasteiger partial charge on any atom is -0.405 e. The summed E-state index contributed by atoms with van der Waals surface area (Å²) in [5.41, 5.74) is 0.681. The van der Waals surface area contributed by atoms with Crippen LogP contribution in [0.15, 0.2) is 30.5 Å². The van der Waals surface area contributed by atoms with Gasteiger partial charge in [0.1, 0.15) is 23.2 Å². The lowest BCUT2D eigenvalue weighted by atomic mass is 9.47. The van der Waals surface area contributed by atoms with Gasteiger partial charge in [-0.15, -0.1) is 13.2 Å². The van der Waals surface area contributed by atoms with Gasteiger partial charge in [-0.2, -0.15) is 10.2 Å². The maximum absolute atomic E-state index is 12.8. The number of hydrogen-bond acceptors (Lipinski definition) is 9. The highest BCUT2D eigenvalue weighted by Crippen LogP contribution is 2.61. The van der Waals surface area contributed by atoms with E-state index in [1.165, 1.54) is 37.2 Å². The second-order valence-corrected chi connectivity index (χ2v) is 12.0. The summed E-state index contributed by atoms with van der Waals surface area (Å²) in [4.78, 5) is 11.0. The minimum atomic E-state index is -4.80. The van der Waals surface area contributed by atoms with Gasteiger partial charge in [0.05, 0.1) is 18.4 Å². The molecule has 1 aromatic carbocycles. The molecule has 2 heterocycles. The molecule has 1 saturated heterocycles. The number of nitriles is 1. The zero-order chi connectivity index (χ0) is 28.1. The van der Waals surface area contributed by atoms with Crippen LogP contribution < -0.4 is 15.4 Å². The van der Waals surface area contributed by atoms with Gasteiger partial charge < -0.3 is 25.6 Å². The molecule has 4 N–H and O–H groups in total. The van der Waals surface area contributed by atoms with Gasteiger partial charge in [0.2, 0.25) is 5.95 Å². The molecule has 5 aliphatic rings. The maximum atomic E-state index is 12.8. The van der Waals surface area contributed by atoms with E-state index in [9.17, 15) is 28.6 Å². The van der Waals surface area contributed by atoms with Crippen LogP contribution in [0.1, 0.15) is 43.2 Å². The van der Waals surface area contributed by atoms with E-state index < -0.39 is 18.6 Å². The summed E-state index contributed by atoms with van der Waals surface area (Å²) < 4.78 is 42.5. The number of hydrogen-bond donors (Lipinski definition) is 4. The average molecular weight is 559 g/mol. The molecule has 0 spiro atoms. The van der Waals surface area contributed by atoms with Gasteiger partial charge in [-0.3, -0.25) is 4.90 Å². The number of aliphatic hydroxyl groups is 2. The number of ether oxygens (including phenoxy) is 1. The Morgan fingerprint density at radius 3 is 2.45 bits per heavy atom. The molecular formula is C28H33F3N6O3. The summed E-state index contributed by atoms with van der Waals surface area (Å²) in [6.07, 6.45) is 0.836. The number of nitrogens with zero attached hydrogens (tertiary/aromatic N) is 4. The molecule has 0 radical (unpaired) electrons. The number of anilines is 2. The Morgan fingerprint density at radius 1 is 1.07 bits per heavy atom. The van der Waals surface area contributed by atoms with Crippen LogP contribution in [0, 0.1) is 34.5 Å². The first-order valence-electron chi connectivity index (χ1n) is 13.8. The van der Waals surface area contributed by atoms with E-state index in [0.29, 0.717) is 60.4 Å². The Morgan fingerprint density at radius 2 is 1.77 bits per heavy atom. The molecule has 4 saturated carbocycles. The van der Waals surface area contributed by atoms with E-state index in [1.54, 1.807) is 6.07 Å². The van der Waals surface area contributed by atoms with Crippen LogP contribution in [0.4, 0.5) is 24.9 Å². The summed E-state index contributed by atoms with van der Waals surface area (Å²) in [6, 6.07) is 8.39. The van der Waals surface area contributed by atoms with Crippen molar-refractivity contribution in [3.8, 4) is 11.8 Å². The Bertz CT molecular complexity index is 1260. The highest BCUT2D eigenvalue weighted by Gasteiger charge is 2.57. The number of aromatic nitrogens is 2. The largest absolute Gasteiger partial charge is 0.573 e. The first kappa shape index (κ1) is 27.1. The first-order valence-corrected chi connectivity index (χ1v) is 13.8. The predicted octanol–water partition coefficient (Wildman–Crippen LogP) is 3.50. The van der Waals surface area contributed by atoms with E-state index in [-0.39, 0.29) is 23.7 Å². The monoisotopic (exact) mass is 558 g/mol. The van der Waals surface area contributed by atoms with Crippen LogP contribution in [0.25, 0.3) is 0 Å². The standard InChI is InChI=1S/C28H33F3N6O3/c29-28(30,31)40-23-4-2-1-3-17(23)11-33-26-34-12-20(10-32)25(36-26)35-15-27-7-16-5-18(8-27)24(19(6-16)9-27)37-13-21(38)22(39)14-37/h1-4,12,16,18-19,21-22,24,38-39H,5-9,11,13-15H2,(H2,33,34,35,36)/t16?,18-,19-,21?,22?,24?,27?/m0/s1. The third-order valence-electron chi connectivity index (χ3n) is 9.23. The number of rotatable bonds is 8. The molecule has 2 aromatic rings. The van der Waals surface area contributed by atoms with Gasteiger partial charge in [-0.1, -0.05) is 18.2 Å². The van der Waals surface area contributed by atoms with Crippen LogP contribution in [0.2, 0.25) is 0 Å². The molecule has 1 aliphatic heterocycles. The number of aliphatic hydroxyl groups excluding tert-OH is 2. The van der Waals surface area contributed by atoms with Crippen molar-refractivity contribution in [1.29, 1.82) is 5.26 Å². The number of benzene rings is 1. The Kier molecular flexibility index (Phi) is 7.01. The summed E-state index contributed by atoms with van der Waals surface area (Å²) in [5.74, 6) is 1.99. The van der Waals surface area contributed by atoms with Crippen LogP contribution in [0.5, 0.6) is 5.75 Å². The van der Waals surface area contributed by atoms with Crippen molar-refractivity contribution in [2.45, 2.75) is 63.3 Å². The zero-order valence-corrected chi connectivity index (χ0v) is 21.9. The maximum Gasteiger partial charge on any atom is 0.573 e. The van der Waals surface area contributed by atoms with E-state index in [1.807, 2.05) is 0 Å². The molecule has 12 heteroatoms. The van der Waals surface area contributed by atoms with Crippen molar-refractivity contribution < 1.29 is 28.1 Å². The number of para-hydroxylation sites is 1. The predicted molar refractivity (Wildman–Crippen MR) is 139 cm³/mol. The quantitative estimate of drug-likeness (QED) is 0.385. The minimum absolute atomic E-state index is 0.00779. The zero-order valence-electron chi connectivity index (χ0n) is 21.9. The van der Waals surface area contributed by atoms with Crippen LogP contribution in [-0.2, 0) is 6.54 Å². The highest BCUT2D eigenvalue weighted by molar-refractivity contribution is 5.53. The van der Waals surface area contributed by atoms with E-state index >= 15 is 0 Å². The van der Waals surface area contributed by atoms with Crippen molar-refractivity contribution in [2.24, 2.45) is 23.2 Å². The molecule has 40 heavy (non-hydrogen) atoms. The molecule has 214 valence electrons. The molecule has 4 atom stereocenters. The SMILES string of the molecule is N#Cc1cnc(NCc2ccccc2OC(F)(F)F)nc1NCC12CC3C[C@@H](C1)C(N1CC(O)C(O)C1)[C@@H](C3)C2. The van der Waals surface area contributed by atoms with Crippen LogP contribution >= 0.6 is 0 Å². The molecular weight excluding hydrogens is 525 g/mol. The van der Waals surface area contributed by atoms with E-state index in [2.05, 4.69) is 36.3 Å². The van der Waals surface area contributed by atoms with Crippen molar-refractivity contribution >= 4 is 11.8 Å². The lowest BCUT2D eigenvalue weighted by Crippen LogP contribution is -2.60. The summed E-state index contributed by atoms with van der Waals surface area (Å²) in [6.45, 7) is 1.74. The smallest absolute Gasteiger partial charge is 0.405 e. The van der Waals surface area contributed by atoms with Gasteiger partial charge >= 0.3 is 6.36 Å². The van der Waals surface area contributed by atoms with Crippen LogP contribution in [-0.4, -0.2) is 69.3 Å². The number of halogens is 3. The van der Waals surface area contributed by atoms with E-state index in [4.69, 9.17) is 0 Å². The third kappa shape index (κ3) is 5.42. The number of alkyl halides is 3. The summed E-state index contributed by atoms with van der Waals surface area (Å²) in [5, 5.41) is 36.3. The Balaban J connectivity index is 1.13. The fourth-order valence-electron chi connectivity index (χ4n) is 8.02. The van der Waals surface area contributed by atoms with Crippen molar-refractivity contribution in [1.82, 2.24) is 14.9 Å². The summed E-state index contributed by atoms with van der Waals surface area (Å²) in [7, 11) is 0. The van der Waals surface area contributed by atoms with Crippen LogP contribution in [0.3, 0.4) is 0 Å². The number of nitrogens with one attached hydrogen (secondary N) is 2. The molecule has 4 aliphatic carbocycles. The molecule has 9 nitrogen and oxygen atoms in total. The second kappa shape index (κ2) is 10.4. The molecule has 2 unspecified atom stereocenters. The molecule has 5 fully saturated rings. The van der Waals surface area contributed by atoms with Crippen molar-refractivity contribution in [3.63, 3.8) is 0 Å². The average Bonchev–Trinajstić information content (AvgIpc) is 3.23. The molecule has 4 bridgehead atoms. The second-order valence-electron chi connectivity index (χ2n) is 12.0. The fourth-order valence-corrected chi connectivity index (χ4v) is 8.02. The van der Waals surface area contributed by atoms with Gasteiger partial charge in [-0.05, 0) is 61.3 Å². The van der Waals surface area contributed by atoms with Crippen molar-refractivity contribution in [3.05, 3.63) is 41.6 Å². The third-order valence-corrected chi connectivity index (χ3v) is 9.23. The number of β-amino-alcohol motifs (C(OH)–C–C–N with tert-alkyl or cyclic N) is 2. The van der Waals surface area contributed by atoms with Crippen molar-refractivity contribution in [2.75, 3.05) is 30.3 Å². The lowest BCUT2D eigenvalue weighted by Gasteiger charge is -2.62. The Hall–Kier alpha value is -3.14. The topological polar surface area (TPSA) is 127 Å². The molecule has 0 amide bonds. The van der Waals surface area contributed by atoms with E-state index in [0.717, 1.165) is 19.3 Å².